The molecule has 6 heteroatoms. The third kappa shape index (κ3) is 3.79. The SMILES string of the molecule is CC(CC(=N)N)NS(=O)(=O)C1CCCC1. The van der Waals surface area contributed by atoms with Gasteiger partial charge in [-0.05, 0) is 19.8 Å². The van der Waals surface area contributed by atoms with Gasteiger partial charge in [0.05, 0.1) is 11.1 Å². The average molecular weight is 233 g/mol. The standard InChI is InChI=1S/C9H19N3O2S/c1-7(6-9(10)11)12-15(13,14)8-4-2-3-5-8/h7-8,12H,2-6H2,1H3,(H3,10,11). The zero-order chi connectivity index (χ0) is 11.5. The predicted molar refractivity (Wildman–Crippen MR) is 60.3 cm³/mol. The first-order valence-electron chi connectivity index (χ1n) is 5.26. The summed E-state index contributed by atoms with van der Waals surface area (Å²) in [5.41, 5.74) is 5.21. The first-order valence-corrected chi connectivity index (χ1v) is 6.80. The summed E-state index contributed by atoms with van der Waals surface area (Å²) in [6.07, 6.45) is 3.76. The Bertz CT molecular complexity index is 320. The van der Waals surface area contributed by atoms with Crippen LogP contribution in [-0.4, -0.2) is 25.5 Å². The molecule has 0 bridgehead atoms. The smallest absolute Gasteiger partial charge is 0.214 e. The highest BCUT2D eigenvalue weighted by atomic mass is 32.2. The fourth-order valence-electron chi connectivity index (χ4n) is 1.95. The van der Waals surface area contributed by atoms with Crippen LogP contribution in [0, 0.1) is 5.41 Å². The lowest BCUT2D eigenvalue weighted by atomic mass is 10.2. The Morgan fingerprint density at radius 1 is 1.53 bits per heavy atom. The van der Waals surface area contributed by atoms with Crippen LogP contribution in [0.4, 0.5) is 0 Å². The Morgan fingerprint density at radius 3 is 2.53 bits per heavy atom. The van der Waals surface area contributed by atoms with Crippen LogP contribution in [0.3, 0.4) is 0 Å². The second-order valence-corrected chi connectivity index (χ2v) is 6.19. The predicted octanol–water partition coefficient (Wildman–Crippen LogP) is 0.563. The molecular weight excluding hydrogens is 214 g/mol. The van der Waals surface area contributed by atoms with Gasteiger partial charge in [0.25, 0.3) is 0 Å². The van der Waals surface area contributed by atoms with Crippen molar-refractivity contribution in [2.24, 2.45) is 5.73 Å². The summed E-state index contributed by atoms with van der Waals surface area (Å²) in [5, 5.41) is 6.84. The molecule has 1 unspecified atom stereocenters. The number of sulfonamides is 1. The lowest BCUT2D eigenvalue weighted by Gasteiger charge is -2.17. The summed E-state index contributed by atoms with van der Waals surface area (Å²) in [6.45, 7) is 1.73. The Morgan fingerprint density at radius 2 is 2.07 bits per heavy atom. The third-order valence-corrected chi connectivity index (χ3v) is 4.71. The molecule has 1 fully saturated rings. The van der Waals surface area contributed by atoms with E-state index in [0.717, 1.165) is 25.7 Å². The number of nitrogens with two attached hydrogens (primary N) is 1. The molecule has 0 amide bonds. The molecular formula is C9H19N3O2S. The molecule has 0 aromatic carbocycles. The van der Waals surface area contributed by atoms with Crippen LogP contribution in [0.25, 0.3) is 0 Å². The Kier molecular flexibility index (Phi) is 4.10. The van der Waals surface area contributed by atoms with Gasteiger partial charge in [0.1, 0.15) is 0 Å². The highest BCUT2D eigenvalue weighted by Crippen LogP contribution is 2.24. The van der Waals surface area contributed by atoms with Crippen molar-refractivity contribution in [2.45, 2.75) is 50.3 Å². The van der Waals surface area contributed by atoms with Crippen LogP contribution >= 0.6 is 0 Å². The van der Waals surface area contributed by atoms with E-state index in [1.54, 1.807) is 6.92 Å². The van der Waals surface area contributed by atoms with Gasteiger partial charge in [0.2, 0.25) is 10.0 Å². The molecule has 0 radical (unpaired) electrons. The Balaban J connectivity index is 2.51. The van der Waals surface area contributed by atoms with Crippen molar-refractivity contribution in [2.75, 3.05) is 0 Å². The molecule has 1 aliphatic carbocycles. The van der Waals surface area contributed by atoms with E-state index in [1.165, 1.54) is 0 Å². The highest BCUT2D eigenvalue weighted by Gasteiger charge is 2.29. The van der Waals surface area contributed by atoms with Crippen LogP contribution in [0.2, 0.25) is 0 Å². The minimum atomic E-state index is -3.21. The lowest BCUT2D eigenvalue weighted by Crippen LogP contribution is -2.40. The van der Waals surface area contributed by atoms with Crippen LogP contribution < -0.4 is 10.5 Å². The number of rotatable bonds is 5. The van der Waals surface area contributed by atoms with Gasteiger partial charge in [-0.15, -0.1) is 0 Å². The molecule has 0 heterocycles. The molecule has 0 aliphatic heterocycles. The molecule has 1 aliphatic rings. The van der Waals surface area contributed by atoms with E-state index < -0.39 is 10.0 Å². The summed E-state index contributed by atoms with van der Waals surface area (Å²) in [7, 11) is -3.21. The van der Waals surface area contributed by atoms with Gasteiger partial charge in [-0.2, -0.15) is 0 Å². The van der Waals surface area contributed by atoms with Gasteiger partial charge >= 0.3 is 0 Å². The molecule has 0 saturated heterocycles. The number of hydrogen-bond donors (Lipinski definition) is 3. The van der Waals surface area contributed by atoms with Crippen molar-refractivity contribution >= 4 is 15.9 Å². The summed E-state index contributed by atoms with van der Waals surface area (Å²) < 4.78 is 26.2. The highest BCUT2D eigenvalue weighted by molar-refractivity contribution is 7.90. The fourth-order valence-corrected chi connectivity index (χ4v) is 3.74. The second-order valence-electron chi connectivity index (χ2n) is 4.20. The van der Waals surface area contributed by atoms with E-state index in [0.29, 0.717) is 0 Å². The topological polar surface area (TPSA) is 96.0 Å². The van der Waals surface area contributed by atoms with Crippen molar-refractivity contribution in [3.63, 3.8) is 0 Å². The monoisotopic (exact) mass is 233 g/mol. The van der Waals surface area contributed by atoms with Gasteiger partial charge in [-0.1, -0.05) is 12.8 Å². The van der Waals surface area contributed by atoms with Crippen molar-refractivity contribution in [1.82, 2.24) is 4.72 Å². The second kappa shape index (κ2) is 4.94. The van der Waals surface area contributed by atoms with Crippen molar-refractivity contribution in [3.8, 4) is 0 Å². The Labute approximate surface area is 91.0 Å². The van der Waals surface area contributed by atoms with Crippen molar-refractivity contribution < 1.29 is 8.42 Å². The van der Waals surface area contributed by atoms with E-state index in [1.807, 2.05) is 0 Å². The molecule has 1 saturated carbocycles. The average Bonchev–Trinajstić information content (AvgIpc) is 2.51. The molecule has 0 spiro atoms. The van der Waals surface area contributed by atoms with Gasteiger partial charge in [0.15, 0.2) is 0 Å². The van der Waals surface area contributed by atoms with Crippen LogP contribution in [0.15, 0.2) is 0 Å². The zero-order valence-electron chi connectivity index (χ0n) is 8.99. The maximum Gasteiger partial charge on any atom is 0.214 e. The molecule has 0 aromatic heterocycles. The molecule has 1 atom stereocenters. The summed E-state index contributed by atoms with van der Waals surface area (Å²) in [6, 6.07) is -0.284. The molecule has 15 heavy (non-hydrogen) atoms. The van der Waals surface area contributed by atoms with E-state index in [-0.39, 0.29) is 23.5 Å². The molecule has 88 valence electrons. The van der Waals surface area contributed by atoms with Gasteiger partial charge < -0.3 is 5.73 Å². The third-order valence-electron chi connectivity index (χ3n) is 2.63. The number of amidine groups is 1. The first kappa shape index (κ1) is 12.4. The Hall–Kier alpha value is -0.620. The molecule has 4 N–H and O–H groups in total. The quantitative estimate of drug-likeness (QED) is 0.478. The largest absolute Gasteiger partial charge is 0.388 e. The van der Waals surface area contributed by atoms with E-state index in [9.17, 15) is 8.42 Å². The lowest BCUT2D eigenvalue weighted by molar-refractivity contribution is 0.548. The van der Waals surface area contributed by atoms with E-state index in [2.05, 4.69) is 4.72 Å². The molecule has 1 rings (SSSR count). The zero-order valence-corrected chi connectivity index (χ0v) is 9.81. The van der Waals surface area contributed by atoms with E-state index >= 15 is 0 Å². The summed E-state index contributed by atoms with van der Waals surface area (Å²) in [5.74, 6) is 0.0108. The van der Waals surface area contributed by atoms with Gasteiger partial charge in [0, 0.05) is 12.5 Å². The minimum absolute atomic E-state index is 0.0108. The van der Waals surface area contributed by atoms with Gasteiger partial charge in [-0.3, -0.25) is 5.41 Å². The molecule has 0 aromatic rings. The maximum absolute atomic E-state index is 11.8. The van der Waals surface area contributed by atoms with Crippen LogP contribution in [0.1, 0.15) is 39.0 Å². The summed E-state index contributed by atoms with van der Waals surface area (Å²) >= 11 is 0. The van der Waals surface area contributed by atoms with E-state index in [4.69, 9.17) is 11.1 Å². The first-order chi connectivity index (χ1) is 6.92. The van der Waals surface area contributed by atoms with Crippen LogP contribution in [-0.2, 0) is 10.0 Å². The minimum Gasteiger partial charge on any atom is -0.388 e. The molecule has 5 nitrogen and oxygen atoms in total. The van der Waals surface area contributed by atoms with Gasteiger partial charge in [-0.25, -0.2) is 13.1 Å². The van der Waals surface area contributed by atoms with Crippen molar-refractivity contribution in [1.29, 1.82) is 5.41 Å². The fraction of sp³-hybridized carbons (Fsp3) is 0.889. The number of hydrogen-bond acceptors (Lipinski definition) is 3. The van der Waals surface area contributed by atoms with Crippen LogP contribution in [0.5, 0.6) is 0 Å². The van der Waals surface area contributed by atoms with Crippen molar-refractivity contribution in [3.05, 3.63) is 0 Å². The maximum atomic E-state index is 11.8. The number of nitrogens with one attached hydrogen (secondary N) is 2. The summed E-state index contributed by atoms with van der Waals surface area (Å²) in [4.78, 5) is 0. The normalized spacial score (nSPS) is 20.3.